The molecule has 2 unspecified atom stereocenters. The molecule has 3 nitrogen and oxygen atoms in total. The maximum atomic E-state index is 11.3. The van der Waals surface area contributed by atoms with E-state index in [4.69, 9.17) is 4.74 Å². The third-order valence-corrected chi connectivity index (χ3v) is 3.50. The first-order valence-corrected chi connectivity index (χ1v) is 5.73. The van der Waals surface area contributed by atoms with E-state index in [1.165, 1.54) is 4.88 Å². The standard InChI is InChI=1S/C10H13NO2S/c1-2-9-7(5-13-10(9)12)3-8-4-11-6-14-8/h4,6-7,9H,2-3,5H2,1H3. The zero-order valence-electron chi connectivity index (χ0n) is 8.10. The summed E-state index contributed by atoms with van der Waals surface area (Å²) in [5, 5.41) is 0. The minimum absolute atomic E-state index is 0.0259. The van der Waals surface area contributed by atoms with Gasteiger partial charge in [-0.15, -0.1) is 11.3 Å². The summed E-state index contributed by atoms with van der Waals surface area (Å²) >= 11 is 1.65. The Hall–Kier alpha value is -0.900. The fourth-order valence-corrected chi connectivity index (χ4v) is 2.60. The predicted octanol–water partition coefficient (Wildman–Crippen LogP) is 1.88. The van der Waals surface area contributed by atoms with Crippen LogP contribution < -0.4 is 0 Å². The molecule has 0 aliphatic carbocycles. The van der Waals surface area contributed by atoms with Gasteiger partial charge in [0.15, 0.2) is 0 Å². The van der Waals surface area contributed by atoms with Crippen LogP contribution >= 0.6 is 11.3 Å². The van der Waals surface area contributed by atoms with Crippen LogP contribution in [0.3, 0.4) is 0 Å². The highest BCUT2D eigenvalue weighted by molar-refractivity contribution is 7.09. The van der Waals surface area contributed by atoms with Gasteiger partial charge in [-0.2, -0.15) is 0 Å². The van der Waals surface area contributed by atoms with E-state index in [0.717, 1.165) is 12.8 Å². The second kappa shape index (κ2) is 4.09. The van der Waals surface area contributed by atoms with Crippen LogP contribution in [-0.2, 0) is 16.0 Å². The first kappa shape index (κ1) is 9.65. The summed E-state index contributed by atoms with van der Waals surface area (Å²) in [7, 11) is 0. The molecule has 1 fully saturated rings. The molecule has 1 saturated heterocycles. The molecule has 4 heteroatoms. The number of rotatable bonds is 3. The van der Waals surface area contributed by atoms with Gasteiger partial charge in [0.2, 0.25) is 0 Å². The third kappa shape index (κ3) is 1.80. The lowest BCUT2D eigenvalue weighted by molar-refractivity contribution is -0.141. The smallest absolute Gasteiger partial charge is 0.309 e. The fraction of sp³-hybridized carbons (Fsp3) is 0.600. The van der Waals surface area contributed by atoms with Crippen molar-refractivity contribution in [3.8, 4) is 0 Å². The molecule has 2 atom stereocenters. The van der Waals surface area contributed by atoms with Crippen LogP contribution in [0.15, 0.2) is 11.7 Å². The van der Waals surface area contributed by atoms with E-state index >= 15 is 0 Å². The van der Waals surface area contributed by atoms with Gasteiger partial charge in [0, 0.05) is 17.0 Å². The van der Waals surface area contributed by atoms with Gasteiger partial charge in [0.05, 0.1) is 18.0 Å². The summed E-state index contributed by atoms with van der Waals surface area (Å²) < 4.78 is 5.06. The normalized spacial score (nSPS) is 26.5. The van der Waals surface area contributed by atoms with E-state index < -0.39 is 0 Å². The molecule has 1 aromatic heterocycles. The Kier molecular flexibility index (Phi) is 2.82. The molecule has 76 valence electrons. The second-order valence-corrected chi connectivity index (χ2v) is 4.55. The number of carbonyl (C=O) groups excluding carboxylic acids is 1. The van der Waals surface area contributed by atoms with Crippen molar-refractivity contribution in [3.63, 3.8) is 0 Å². The summed E-state index contributed by atoms with van der Waals surface area (Å²) in [4.78, 5) is 16.6. The van der Waals surface area contributed by atoms with E-state index in [2.05, 4.69) is 4.98 Å². The highest BCUT2D eigenvalue weighted by Gasteiger charge is 2.35. The Morgan fingerprint density at radius 2 is 2.57 bits per heavy atom. The zero-order chi connectivity index (χ0) is 9.97. The van der Waals surface area contributed by atoms with Gasteiger partial charge in [-0.25, -0.2) is 0 Å². The van der Waals surface area contributed by atoms with Crippen LogP contribution in [0.5, 0.6) is 0 Å². The first-order valence-electron chi connectivity index (χ1n) is 4.85. The largest absolute Gasteiger partial charge is 0.465 e. The van der Waals surface area contributed by atoms with E-state index in [9.17, 15) is 4.79 Å². The van der Waals surface area contributed by atoms with E-state index in [-0.39, 0.29) is 11.9 Å². The topological polar surface area (TPSA) is 39.2 Å². The number of aromatic nitrogens is 1. The van der Waals surface area contributed by atoms with Crippen molar-refractivity contribution in [2.45, 2.75) is 19.8 Å². The van der Waals surface area contributed by atoms with Crippen molar-refractivity contribution in [3.05, 3.63) is 16.6 Å². The molecule has 2 heterocycles. The minimum atomic E-state index is -0.0259. The summed E-state index contributed by atoms with van der Waals surface area (Å²) in [5.41, 5.74) is 1.83. The number of thiazole rings is 1. The van der Waals surface area contributed by atoms with Crippen molar-refractivity contribution in [2.75, 3.05) is 6.61 Å². The predicted molar refractivity (Wildman–Crippen MR) is 54.0 cm³/mol. The Balaban J connectivity index is 2.01. The lowest BCUT2D eigenvalue weighted by atomic mass is 9.90. The quantitative estimate of drug-likeness (QED) is 0.717. The summed E-state index contributed by atoms with van der Waals surface area (Å²) in [6, 6.07) is 0. The molecule has 0 N–H and O–H groups in total. The molecule has 1 aliphatic heterocycles. The van der Waals surface area contributed by atoms with Crippen LogP contribution in [0.25, 0.3) is 0 Å². The van der Waals surface area contributed by atoms with Crippen molar-refractivity contribution in [1.82, 2.24) is 4.98 Å². The number of hydrogen-bond acceptors (Lipinski definition) is 4. The Morgan fingerprint density at radius 3 is 3.21 bits per heavy atom. The number of nitrogens with zero attached hydrogens (tertiary/aromatic N) is 1. The fourth-order valence-electron chi connectivity index (χ4n) is 1.91. The number of esters is 1. The van der Waals surface area contributed by atoms with Gasteiger partial charge in [-0.1, -0.05) is 6.92 Å². The number of ether oxygens (including phenoxy) is 1. The van der Waals surface area contributed by atoms with Crippen molar-refractivity contribution >= 4 is 17.3 Å². The molecule has 0 spiro atoms. The van der Waals surface area contributed by atoms with Crippen LogP contribution in [-0.4, -0.2) is 17.6 Å². The highest BCUT2D eigenvalue weighted by atomic mass is 32.1. The van der Waals surface area contributed by atoms with Gasteiger partial charge in [0.25, 0.3) is 0 Å². The lowest BCUT2D eigenvalue weighted by Gasteiger charge is -2.10. The van der Waals surface area contributed by atoms with Gasteiger partial charge in [0.1, 0.15) is 0 Å². The number of hydrogen-bond donors (Lipinski definition) is 0. The molecule has 0 radical (unpaired) electrons. The van der Waals surface area contributed by atoms with Gasteiger partial charge >= 0.3 is 5.97 Å². The first-order chi connectivity index (χ1) is 6.81. The summed E-state index contributed by atoms with van der Waals surface area (Å²) in [6.45, 7) is 2.62. The summed E-state index contributed by atoms with van der Waals surface area (Å²) in [5.74, 6) is 0.423. The molecule has 0 bridgehead atoms. The third-order valence-electron chi connectivity index (χ3n) is 2.70. The Labute approximate surface area is 87.1 Å². The molecular formula is C10H13NO2S. The molecule has 1 aliphatic rings. The van der Waals surface area contributed by atoms with Gasteiger partial charge < -0.3 is 4.74 Å². The Morgan fingerprint density at radius 1 is 1.71 bits per heavy atom. The van der Waals surface area contributed by atoms with Gasteiger partial charge in [-0.3, -0.25) is 9.78 Å². The number of cyclic esters (lactones) is 1. The molecule has 0 amide bonds. The SMILES string of the molecule is CCC1C(=O)OCC1Cc1cncs1. The average molecular weight is 211 g/mol. The van der Waals surface area contributed by atoms with Gasteiger partial charge in [-0.05, 0) is 12.8 Å². The van der Waals surface area contributed by atoms with Crippen molar-refractivity contribution < 1.29 is 9.53 Å². The van der Waals surface area contributed by atoms with Crippen LogP contribution in [0.1, 0.15) is 18.2 Å². The lowest BCUT2D eigenvalue weighted by Crippen LogP contribution is -2.16. The van der Waals surface area contributed by atoms with Crippen LogP contribution in [0.2, 0.25) is 0 Å². The zero-order valence-corrected chi connectivity index (χ0v) is 8.92. The molecule has 1 aromatic rings. The molecule has 14 heavy (non-hydrogen) atoms. The highest BCUT2D eigenvalue weighted by Crippen LogP contribution is 2.28. The number of carbonyl (C=O) groups is 1. The summed E-state index contributed by atoms with van der Waals surface area (Å²) in [6.07, 6.45) is 3.68. The maximum Gasteiger partial charge on any atom is 0.309 e. The van der Waals surface area contributed by atoms with Crippen LogP contribution in [0, 0.1) is 11.8 Å². The maximum absolute atomic E-state index is 11.3. The van der Waals surface area contributed by atoms with E-state index in [0.29, 0.717) is 12.5 Å². The monoisotopic (exact) mass is 211 g/mol. The van der Waals surface area contributed by atoms with E-state index in [1.54, 1.807) is 11.3 Å². The van der Waals surface area contributed by atoms with Crippen LogP contribution in [0.4, 0.5) is 0 Å². The average Bonchev–Trinajstić information content (AvgIpc) is 2.77. The van der Waals surface area contributed by atoms with Crippen molar-refractivity contribution in [2.24, 2.45) is 11.8 Å². The molecular weight excluding hydrogens is 198 g/mol. The minimum Gasteiger partial charge on any atom is -0.465 e. The van der Waals surface area contributed by atoms with E-state index in [1.807, 2.05) is 18.6 Å². The Bertz CT molecular complexity index is 310. The van der Waals surface area contributed by atoms with Crippen molar-refractivity contribution in [1.29, 1.82) is 0 Å². The molecule has 0 aromatic carbocycles. The molecule has 2 rings (SSSR count). The molecule has 0 saturated carbocycles. The second-order valence-electron chi connectivity index (χ2n) is 3.58.